The molecule has 0 aromatic rings. The highest BCUT2D eigenvalue weighted by Crippen LogP contribution is 2.44. The van der Waals surface area contributed by atoms with Crippen LogP contribution in [0.2, 0.25) is 0 Å². The predicted octanol–water partition coefficient (Wildman–Crippen LogP) is 1.73. The van der Waals surface area contributed by atoms with E-state index in [4.69, 9.17) is 34.0 Å². The number of nitrogens with zero attached hydrogens (tertiary/aromatic N) is 3. The zero-order valence-electron chi connectivity index (χ0n) is 13.8. The quantitative estimate of drug-likeness (QED) is 0.330. The maximum absolute atomic E-state index is 11.1. The molecule has 0 aromatic heterocycles. The number of hydrogen-bond acceptors (Lipinski definition) is 8. The Bertz CT molecular complexity index is 536. The second-order valence-electron chi connectivity index (χ2n) is 6.61. The van der Waals surface area contributed by atoms with Gasteiger partial charge < -0.3 is 28.4 Å². The second kappa shape index (κ2) is 6.73. The average Bonchev–Trinajstić information content (AvgIpc) is 2.94. The largest absolute Gasteiger partial charge is 0.508 e. The summed E-state index contributed by atoms with van der Waals surface area (Å²) in [6, 6.07) is 0. The Balaban J connectivity index is 1.82. The Morgan fingerprint density at radius 1 is 1.38 bits per heavy atom. The van der Waals surface area contributed by atoms with E-state index in [0.717, 1.165) is 0 Å². The van der Waals surface area contributed by atoms with Crippen molar-refractivity contribution in [3.8, 4) is 0 Å². The summed E-state index contributed by atoms with van der Waals surface area (Å²) in [6.45, 7) is 4.19. The van der Waals surface area contributed by atoms with Gasteiger partial charge in [-0.15, -0.1) is 0 Å². The number of carbonyl (C=O) groups is 1. The summed E-state index contributed by atoms with van der Waals surface area (Å²) in [5.74, 6) is 0. The van der Waals surface area contributed by atoms with Crippen LogP contribution in [0.15, 0.2) is 5.11 Å². The number of fused-ring (bicyclic) bond motifs is 1. The number of cyclic esters (lactones) is 2. The van der Waals surface area contributed by atoms with Crippen LogP contribution in [0, 0.1) is 5.41 Å². The van der Waals surface area contributed by atoms with Crippen LogP contribution in [0.4, 0.5) is 4.79 Å². The molecule has 3 fully saturated rings. The van der Waals surface area contributed by atoms with Crippen molar-refractivity contribution < 1.29 is 33.2 Å². The number of carbonyl (C=O) groups excluding carboxylic acids is 1. The van der Waals surface area contributed by atoms with Crippen molar-refractivity contribution >= 4 is 6.16 Å². The smallest absolute Gasteiger partial charge is 0.430 e. The van der Waals surface area contributed by atoms with Gasteiger partial charge in [-0.2, -0.15) is 0 Å². The van der Waals surface area contributed by atoms with Crippen LogP contribution in [-0.2, 0) is 28.4 Å². The van der Waals surface area contributed by atoms with Crippen molar-refractivity contribution in [3.63, 3.8) is 0 Å². The highest BCUT2D eigenvalue weighted by Gasteiger charge is 2.56. The predicted molar refractivity (Wildman–Crippen MR) is 77.8 cm³/mol. The molecule has 0 saturated carbocycles. The third kappa shape index (κ3) is 3.03. The number of ether oxygens (including phenoxy) is 6. The first-order valence-electron chi connectivity index (χ1n) is 7.76. The highest BCUT2D eigenvalue weighted by atomic mass is 16.8. The maximum atomic E-state index is 11.1. The first kappa shape index (κ1) is 17.2. The molecule has 0 bridgehead atoms. The third-order valence-electron chi connectivity index (χ3n) is 4.83. The first-order valence-corrected chi connectivity index (χ1v) is 7.76. The standard InChI is InChI=1S/C14H21N3O7/c1-14(2)8(4-7-5-20-13(18)23-7)24-10-9(11(14)19-3)21-6-22-12(10)16-17-15/h7-12H,4-6H2,1-3H3/t7-,8+,9?,10?,11+,12?/m0/s1. The zero-order chi connectivity index (χ0) is 17.3. The molecule has 0 aromatic carbocycles. The molecule has 0 N–H and O–H groups in total. The summed E-state index contributed by atoms with van der Waals surface area (Å²) in [5, 5.41) is 3.65. The van der Waals surface area contributed by atoms with E-state index >= 15 is 0 Å². The molecule has 10 heteroatoms. The fraction of sp³-hybridized carbons (Fsp3) is 0.929. The van der Waals surface area contributed by atoms with Crippen LogP contribution in [0.1, 0.15) is 20.3 Å². The fourth-order valence-corrected chi connectivity index (χ4v) is 3.58. The lowest BCUT2D eigenvalue weighted by molar-refractivity contribution is -0.327. The van der Waals surface area contributed by atoms with Gasteiger partial charge in [0, 0.05) is 23.9 Å². The van der Waals surface area contributed by atoms with E-state index in [1.165, 1.54) is 0 Å². The summed E-state index contributed by atoms with van der Waals surface area (Å²) in [5.41, 5.74) is 8.31. The maximum Gasteiger partial charge on any atom is 0.508 e. The number of hydrogen-bond donors (Lipinski definition) is 0. The molecule has 0 aliphatic carbocycles. The molecule has 3 saturated heterocycles. The second-order valence-corrected chi connectivity index (χ2v) is 6.61. The summed E-state index contributed by atoms with van der Waals surface area (Å²) in [4.78, 5) is 13.9. The lowest BCUT2D eigenvalue weighted by Gasteiger charge is -2.53. The summed E-state index contributed by atoms with van der Waals surface area (Å²) in [6.07, 6.45) is -3.09. The van der Waals surface area contributed by atoms with Crippen LogP contribution in [-0.4, -0.2) is 63.4 Å². The minimum Gasteiger partial charge on any atom is -0.430 e. The van der Waals surface area contributed by atoms with Crippen molar-refractivity contribution in [2.45, 2.75) is 57.0 Å². The van der Waals surface area contributed by atoms with Gasteiger partial charge in [0.2, 0.25) is 0 Å². The van der Waals surface area contributed by atoms with E-state index in [9.17, 15) is 4.79 Å². The molecular weight excluding hydrogens is 322 g/mol. The number of azide groups is 1. The molecule has 24 heavy (non-hydrogen) atoms. The molecular formula is C14H21N3O7. The van der Waals surface area contributed by atoms with Gasteiger partial charge in [0.15, 0.2) is 6.23 Å². The van der Waals surface area contributed by atoms with Crippen LogP contribution < -0.4 is 0 Å². The van der Waals surface area contributed by atoms with Crippen molar-refractivity contribution in [3.05, 3.63) is 10.4 Å². The van der Waals surface area contributed by atoms with Crippen LogP contribution in [0.25, 0.3) is 10.4 Å². The molecule has 0 amide bonds. The minimum atomic E-state index is -0.799. The molecule has 3 rings (SSSR count). The summed E-state index contributed by atoms with van der Waals surface area (Å²) >= 11 is 0. The monoisotopic (exact) mass is 343 g/mol. The van der Waals surface area contributed by atoms with Gasteiger partial charge in [0.1, 0.15) is 31.7 Å². The topological polar surface area (TPSA) is 121 Å². The van der Waals surface area contributed by atoms with Crippen molar-refractivity contribution in [2.75, 3.05) is 20.5 Å². The molecule has 0 spiro atoms. The Labute approximate surface area is 138 Å². The summed E-state index contributed by atoms with van der Waals surface area (Å²) in [7, 11) is 1.60. The van der Waals surface area contributed by atoms with E-state index in [1.54, 1.807) is 7.11 Å². The molecule has 3 aliphatic heterocycles. The zero-order valence-corrected chi connectivity index (χ0v) is 13.8. The first-order chi connectivity index (χ1) is 11.5. The molecule has 134 valence electrons. The van der Waals surface area contributed by atoms with Crippen LogP contribution in [0.3, 0.4) is 0 Å². The molecule has 3 heterocycles. The van der Waals surface area contributed by atoms with E-state index < -0.39 is 30.0 Å². The van der Waals surface area contributed by atoms with Gasteiger partial charge in [-0.3, -0.25) is 0 Å². The number of rotatable bonds is 4. The van der Waals surface area contributed by atoms with Crippen molar-refractivity contribution in [2.24, 2.45) is 10.5 Å². The lowest BCUT2D eigenvalue weighted by atomic mass is 9.72. The van der Waals surface area contributed by atoms with E-state index in [2.05, 4.69) is 10.0 Å². The molecule has 3 aliphatic rings. The molecule has 3 unspecified atom stereocenters. The van der Waals surface area contributed by atoms with Crippen molar-refractivity contribution in [1.29, 1.82) is 0 Å². The minimum absolute atomic E-state index is 0.00287. The van der Waals surface area contributed by atoms with Gasteiger partial charge in [-0.1, -0.05) is 19.0 Å². The highest BCUT2D eigenvalue weighted by molar-refractivity contribution is 5.61. The van der Waals surface area contributed by atoms with Gasteiger partial charge in [-0.05, 0) is 5.53 Å². The molecule has 0 radical (unpaired) electrons. The molecule has 6 atom stereocenters. The van der Waals surface area contributed by atoms with Gasteiger partial charge >= 0.3 is 6.16 Å². The Morgan fingerprint density at radius 2 is 2.17 bits per heavy atom. The van der Waals surface area contributed by atoms with E-state index in [0.29, 0.717) is 6.42 Å². The Kier molecular flexibility index (Phi) is 4.84. The fourth-order valence-electron chi connectivity index (χ4n) is 3.58. The van der Waals surface area contributed by atoms with Gasteiger partial charge in [-0.25, -0.2) is 4.79 Å². The van der Waals surface area contributed by atoms with Gasteiger partial charge in [0.25, 0.3) is 0 Å². The Morgan fingerprint density at radius 3 is 2.79 bits per heavy atom. The van der Waals surface area contributed by atoms with Gasteiger partial charge in [0.05, 0.1) is 12.2 Å². The number of methoxy groups -OCH3 is 1. The lowest BCUT2D eigenvalue weighted by Crippen LogP contribution is -2.65. The summed E-state index contributed by atoms with van der Waals surface area (Å²) < 4.78 is 32.8. The van der Waals surface area contributed by atoms with Crippen molar-refractivity contribution in [1.82, 2.24) is 0 Å². The van der Waals surface area contributed by atoms with E-state index in [-0.39, 0.29) is 31.7 Å². The average molecular weight is 343 g/mol. The molecule has 10 nitrogen and oxygen atoms in total. The van der Waals surface area contributed by atoms with E-state index in [1.807, 2.05) is 13.8 Å². The van der Waals surface area contributed by atoms with Crippen LogP contribution >= 0.6 is 0 Å². The SMILES string of the molecule is CO[C@@H]1C2OCOC(N=[N+]=[N-])C2O[C@H](C[C@H]2COC(=O)O2)C1(C)C. The Hall–Kier alpha value is -1.58. The third-order valence-corrected chi connectivity index (χ3v) is 4.83. The normalized spacial score (nSPS) is 40.9. The van der Waals surface area contributed by atoms with Crippen LogP contribution in [0.5, 0.6) is 0 Å².